The van der Waals surface area contributed by atoms with Gasteiger partial charge >= 0.3 is 5.69 Å². The van der Waals surface area contributed by atoms with Gasteiger partial charge in [-0.1, -0.05) is 30.3 Å². The quantitative estimate of drug-likeness (QED) is 0.395. The van der Waals surface area contributed by atoms with Gasteiger partial charge in [0.25, 0.3) is 5.69 Å². The van der Waals surface area contributed by atoms with Crippen molar-refractivity contribution in [2.45, 2.75) is 6.92 Å². The van der Waals surface area contributed by atoms with Crippen LogP contribution in [-0.2, 0) is 0 Å². The molecule has 0 atom stereocenters. The lowest BCUT2D eigenvalue weighted by Crippen LogP contribution is -2.03. The molecule has 0 aliphatic carbocycles. The molecule has 0 saturated heterocycles. The van der Waals surface area contributed by atoms with Crippen LogP contribution in [0.2, 0.25) is 0 Å². The van der Waals surface area contributed by atoms with Gasteiger partial charge in [-0.2, -0.15) is 5.10 Å². The van der Waals surface area contributed by atoms with Gasteiger partial charge < -0.3 is 5.11 Å². The Morgan fingerprint density at radius 2 is 1.78 bits per heavy atom. The monoisotopic (exact) mass is 366 g/mol. The summed E-state index contributed by atoms with van der Waals surface area (Å²) in [7, 11) is 0. The number of nitrogens with one attached hydrogen (secondary N) is 1. The van der Waals surface area contributed by atoms with Gasteiger partial charge in [-0.05, 0) is 24.4 Å². The summed E-state index contributed by atoms with van der Waals surface area (Å²) in [5.41, 5.74) is 2.55. The molecule has 27 heavy (non-hydrogen) atoms. The Bertz CT molecular complexity index is 1090. The number of nitrogens with zero attached hydrogens (tertiary/aromatic N) is 3. The number of anilines is 1. The number of aromatic hydroxyl groups is 1. The molecule has 0 radical (unpaired) electrons. The molecular weight excluding hydrogens is 352 g/mol. The fraction of sp³-hybridized carbons (Fsp3) is 0.0556. The molecule has 0 saturated carbocycles. The zero-order chi connectivity index (χ0) is 19.6. The number of hydrogen-bond donors (Lipinski definition) is 2. The van der Waals surface area contributed by atoms with Gasteiger partial charge in [-0.3, -0.25) is 25.7 Å². The van der Waals surface area contributed by atoms with Crippen molar-refractivity contribution in [1.82, 2.24) is 0 Å². The first kappa shape index (κ1) is 17.8. The van der Waals surface area contributed by atoms with E-state index in [-0.39, 0.29) is 17.1 Å². The number of non-ortho nitro benzene ring substituents is 1. The van der Waals surface area contributed by atoms with Crippen molar-refractivity contribution in [2.75, 3.05) is 5.43 Å². The molecular formula is C18H14N4O5. The van der Waals surface area contributed by atoms with Crippen LogP contribution in [0.1, 0.15) is 12.5 Å². The maximum Gasteiger partial charge on any atom is 0.301 e. The van der Waals surface area contributed by atoms with Crippen LogP contribution in [0.15, 0.2) is 59.7 Å². The van der Waals surface area contributed by atoms with E-state index in [9.17, 15) is 25.3 Å². The first-order valence-electron chi connectivity index (χ1n) is 7.82. The van der Waals surface area contributed by atoms with E-state index in [1.165, 1.54) is 6.07 Å². The van der Waals surface area contributed by atoms with Crippen LogP contribution in [0.4, 0.5) is 17.1 Å². The zero-order valence-corrected chi connectivity index (χ0v) is 14.1. The van der Waals surface area contributed by atoms with Gasteiger partial charge in [0.15, 0.2) is 0 Å². The summed E-state index contributed by atoms with van der Waals surface area (Å²) in [6, 6.07) is 14.1. The van der Waals surface area contributed by atoms with E-state index >= 15 is 0 Å². The maximum absolute atomic E-state index is 11.2. The predicted molar refractivity (Wildman–Crippen MR) is 101 cm³/mol. The first-order chi connectivity index (χ1) is 12.9. The normalized spacial score (nSPS) is 11.4. The molecule has 0 spiro atoms. The van der Waals surface area contributed by atoms with Crippen molar-refractivity contribution in [3.05, 3.63) is 80.4 Å². The van der Waals surface area contributed by atoms with Gasteiger partial charge in [-0.15, -0.1) is 0 Å². The van der Waals surface area contributed by atoms with E-state index in [4.69, 9.17) is 0 Å². The third-order valence-electron chi connectivity index (χ3n) is 4.02. The zero-order valence-electron chi connectivity index (χ0n) is 14.1. The number of phenolic OH excluding ortho intramolecular Hbond substituents is 1. The molecule has 0 unspecified atom stereocenters. The van der Waals surface area contributed by atoms with Gasteiger partial charge in [-0.25, -0.2) is 0 Å². The number of benzene rings is 3. The summed E-state index contributed by atoms with van der Waals surface area (Å²) in [4.78, 5) is 20.5. The summed E-state index contributed by atoms with van der Waals surface area (Å²) in [5, 5.41) is 38.0. The summed E-state index contributed by atoms with van der Waals surface area (Å²) >= 11 is 0. The predicted octanol–water partition coefficient (Wildman–Crippen LogP) is 4.20. The number of hydrogen-bond acceptors (Lipinski definition) is 7. The molecule has 9 heteroatoms. The molecule has 0 fully saturated rings. The molecule has 0 aliphatic heterocycles. The van der Waals surface area contributed by atoms with Gasteiger partial charge in [0.1, 0.15) is 11.4 Å². The Hall–Kier alpha value is -4.01. The number of nitro groups is 2. The molecule has 2 N–H and O–H groups in total. The van der Waals surface area contributed by atoms with E-state index in [0.29, 0.717) is 16.7 Å². The van der Waals surface area contributed by atoms with E-state index in [0.717, 1.165) is 17.5 Å². The lowest BCUT2D eigenvalue weighted by Gasteiger charge is -2.08. The lowest BCUT2D eigenvalue weighted by atomic mass is 10.0. The fourth-order valence-electron chi connectivity index (χ4n) is 2.63. The van der Waals surface area contributed by atoms with E-state index in [1.807, 2.05) is 18.2 Å². The van der Waals surface area contributed by atoms with Crippen LogP contribution in [0.3, 0.4) is 0 Å². The van der Waals surface area contributed by atoms with Gasteiger partial charge in [0.05, 0.1) is 21.6 Å². The average molecular weight is 366 g/mol. The van der Waals surface area contributed by atoms with Crippen molar-refractivity contribution in [1.29, 1.82) is 0 Å². The van der Waals surface area contributed by atoms with Crippen molar-refractivity contribution < 1.29 is 15.0 Å². The van der Waals surface area contributed by atoms with Gasteiger partial charge in [0, 0.05) is 17.0 Å². The standard InChI is InChI=1S/C18H14N4O5/c1-11(14-8-6-12-4-2-3-5-15(12)18(14)23)19-20-16-9-7-13(21(24)25)10-17(16)22(26)27/h2-10,20,23H,1H3/b19-11+. The molecule has 136 valence electrons. The summed E-state index contributed by atoms with van der Waals surface area (Å²) < 4.78 is 0. The minimum Gasteiger partial charge on any atom is -0.507 e. The average Bonchev–Trinajstić information content (AvgIpc) is 2.66. The second-order valence-corrected chi connectivity index (χ2v) is 5.71. The smallest absolute Gasteiger partial charge is 0.301 e. The van der Waals surface area contributed by atoms with Crippen molar-refractivity contribution in [3.8, 4) is 5.75 Å². The SMILES string of the molecule is C/C(=N\Nc1ccc([N+](=O)[O-])cc1[N+](=O)[O-])c1ccc2ccccc2c1O. The topological polar surface area (TPSA) is 131 Å². The highest BCUT2D eigenvalue weighted by atomic mass is 16.6. The van der Waals surface area contributed by atoms with Crippen LogP contribution >= 0.6 is 0 Å². The van der Waals surface area contributed by atoms with Crippen LogP contribution < -0.4 is 5.43 Å². The summed E-state index contributed by atoms with van der Waals surface area (Å²) in [5.74, 6) is 0.0503. The highest BCUT2D eigenvalue weighted by molar-refractivity contribution is 6.06. The third kappa shape index (κ3) is 3.52. The molecule has 0 aliphatic rings. The Morgan fingerprint density at radius 3 is 2.48 bits per heavy atom. The second kappa shape index (κ2) is 7.08. The highest BCUT2D eigenvalue weighted by Crippen LogP contribution is 2.31. The number of phenols is 1. The second-order valence-electron chi connectivity index (χ2n) is 5.71. The van der Waals surface area contributed by atoms with Crippen molar-refractivity contribution >= 4 is 33.5 Å². The largest absolute Gasteiger partial charge is 0.507 e. The fourth-order valence-corrected chi connectivity index (χ4v) is 2.63. The Morgan fingerprint density at radius 1 is 1.04 bits per heavy atom. The molecule has 3 aromatic carbocycles. The minimum atomic E-state index is -0.728. The third-order valence-corrected chi connectivity index (χ3v) is 4.02. The molecule has 0 heterocycles. The number of rotatable bonds is 5. The summed E-state index contributed by atoms with van der Waals surface area (Å²) in [6.45, 7) is 1.63. The van der Waals surface area contributed by atoms with Crippen LogP contribution in [0.25, 0.3) is 10.8 Å². The van der Waals surface area contributed by atoms with Crippen molar-refractivity contribution in [2.24, 2.45) is 5.10 Å². The molecule has 0 aromatic heterocycles. The summed E-state index contributed by atoms with van der Waals surface area (Å²) in [6.07, 6.45) is 0. The van der Waals surface area contributed by atoms with E-state index in [1.54, 1.807) is 25.1 Å². The highest BCUT2D eigenvalue weighted by Gasteiger charge is 2.19. The van der Waals surface area contributed by atoms with Crippen molar-refractivity contribution in [3.63, 3.8) is 0 Å². The minimum absolute atomic E-state index is 0.00484. The van der Waals surface area contributed by atoms with E-state index in [2.05, 4.69) is 10.5 Å². The molecule has 9 nitrogen and oxygen atoms in total. The molecule has 3 rings (SSSR count). The molecule has 0 amide bonds. The van der Waals surface area contributed by atoms with Crippen LogP contribution in [0, 0.1) is 20.2 Å². The van der Waals surface area contributed by atoms with Crippen LogP contribution in [0.5, 0.6) is 5.75 Å². The Kier molecular flexibility index (Phi) is 4.67. The molecule has 0 bridgehead atoms. The number of fused-ring (bicyclic) bond motifs is 1. The number of hydrazone groups is 1. The van der Waals surface area contributed by atoms with Gasteiger partial charge in [0.2, 0.25) is 0 Å². The van der Waals surface area contributed by atoms with E-state index < -0.39 is 15.5 Å². The molecule has 3 aromatic rings. The first-order valence-corrected chi connectivity index (χ1v) is 7.82. The van der Waals surface area contributed by atoms with Crippen LogP contribution in [-0.4, -0.2) is 20.7 Å². The number of nitro benzene ring substituents is 2. The Balaban J connectivity index is 1.95. The lowest BCUT2D eigenvalue weighted by molar-refractivity contribution is -0.393. The maximum atomic E-state index is 11.2. The Labute approximate surface area is 152 Å².